The molecule has 0 aliphatic rings. The fourth-order valence-electron chi connectivity index (χ4n) is 1.44. The largest absolute Gasteiger partial charge is 0.155 e. The van der Waals surface area contributed by atoms with Gasteiger partial charge in [-0.3, -0.25) is 0 Å². The summed E-state index contributed by atoms with van der Waals surface area (Å²) in [6.07, 6.45) is 0. The zero-order valence-electron chi connectivity index (χ0n) is 8.78. The molecular formula is C12H14N2. The van der Waals surface area contributed by atoms with Gasteiger partial charge in [0.15, 0.2) is 0 Å². The van der Waals surface area contributed by atoms with Gasteiger partial charge in [0.2, 0.25) is 0 Å². The fourth-order valence-corrected chi connectivity index (χ4v) is 1.44. The molecule has 2 nitrogen and oxygen atoms in total. The molecule has 0 spiro atoms. The van der Waals surface area contributed by atoms with Gasteiger partial charge in [-0.15, -0.1) is 0 Å². The first-order valence-corrected chi connectivity index (χ1v) is 4.91. The van der Waals surface area contributed by atoms with Crippen LogP contribution < -0.4 is 0 Å². The topological polar surface area (TPSA) is 25.8 Å². The van der Waals surface area contributed by atoms with E-state index in [1.165, 1.54) is 10.9 Å². The molecule has 0 atom stereocenters. The van der Waals surface area contributed by atoms with Crippen molar-refractivity contribution in [3.05, 3.63) is 35.5 Å². The van der Waals surface area contributed by atoms with Gasteiger partial charge in [-0.25, -0.2) is 0 Å². The summed E-state index contributed by atoms with van der Waals surface area (Å²) in [4.78, 5) is 0. The van der Waals surface area contributed by atoms with E-state index in [1.54, 1.807) is 0 Å². The van der Waals surface area contributed by atoms with E-state index >= 15 is 0 Å². The highest BCUT2D eigenvalue weighted by molar-refractivity contribution is 5.78. The first kappa shape index (κ1) is 9.13. The number of rotatable bonds is 1. The van der Waals surface area contributed by atoms with E-state index in [-0.39, 0.29) is 0 Å². The lowest BCUT2D eigenvalue weighted by molar-refractivity contribution is 0.795. The molecule has 2 aromatic rings. The van der Waals surface area contributed by atoms with Gasteiger partial charge in [0.05, 0.1) is 11.2 Å². The number of fused-ring (bicyclic) bond motifs is 1. The third-order valence-corrected chi connectivity index (χ3v) is 2.35. The summed E-state index contributed by atoms with van der Waals surface area (Å²) < 4.78 is 0. The summed E-state index contributed by atoms with van der Waals surface area (Å²) in [7, 11) is 0. The van der Waals surface area contributed by atoms with Crippen LogP contribution in [0.5, 0.6) is 0 Å². The Kier molecular flexibility index (Phi) is 2.20. The highest BCUT2D eigenvalue weighted by Gasteiger charge is 2.03. The predicted molar refractivity (Wildman–Crippen MR) is 58.4 cm³/mol. The third kappa shape index (κ3) is 1.60. The van der Waals surface area contributed by atoms with Gasteiger partial charge in [0, 0.05) is 5.39 Å². The van der Waals surface area contributed by atoms with Crippen molar-refractivity contribution in [1.82, 2.24) is 10.2 Å². The Bertz CT molecular complexity index is 461. The Morgan fingerprint density at radius 1 is 1.07 bits per heavy atom. The van der Waals surface area contributed by atoms with Crippen LogP contribution in [0.3, 0.4) is 0 Å². The van der Waals surface area contributed by atoms with Crippen molar-refractivity contribution in [1.29, 1.82) is 0 Å². The van der Waals surface area contributed by atoms with Crippen molar-refractivity contribution < 1.29 is 0 Å². The number of aromatic nitrogens is 2. The second-order valence-corrected chi connectivity index (χ2v) is 3.99. The lowest BCUT2D eigenvalue weighted by atomic mass is 10.1. The lowest BCUT2D eigenvalue weighted by Crippen LogP contribution is -1.95. The van der Waals surface area contributed by atoms with Crippen LogP contribution in [-0.4, -0.2) is 10.2 Å². The average Bonchev–Trinajstić information content (AvgIpc) is 2.16. The molecule has 0 saturated heterocycles. The quantitative estimate of drug-likeness (QED) is 0.684. The molecule has 14 heavy (non-hydrogen) atoms. The molecule has 2 rings (SSSR count). The van der Waals surface area contributed by atoms with Gasteiger partial charge in [0.1, 0.15) is 0 Å². The van der Waals surface area contributed by atoms with E-state index in [1.807, 2.05) is 0 Å². The minimum Gasteiger partial charge on any atom is -0.155 e. The smallest absolute Gasteiger partial charge is 0.0932 e. The average molecular weight is 186 g/mol. The van der Waals surface area contributed by atoms with Crippen LogP contribution in [0.15, 0.2) is 24.3 Å². The summed E-state index contributed by atoms with van der Waals surface area (Å²) in [5, 5.41) is 9.59. The molecule has 0 aliphatic heterocycles. The molecule has 0 N–H and O–H groups in total. The molecule has 1 aromatic carbocycles. The molecule has 1 heterocycles. The molecule has 2 heteroatoms. The fraction of sp³-hybridized carbons (Fsp3) is 0.333. The summed E-state index contributed by atoms with van der Waals surface area (Å²) >= 11 is 0. The Morgan fingerprint density at radius 3 is 2.57 bits per heavy atom. The SMILES string of the molecule is Cc1ccc2cc(C(C)C)nnc2c1. The minimum atomic E-state index is 0.438. The first-order valence-electron chi connectivity index (χ1n) is 4.91. The maximum Gasteiger partial charge on any atom is 0.0932 e. The maximum absolute atomic E-state index is 4.21. The van der Waals surface area contributed by atoms with Crippen LogP contribution in [0.25, 0.3) is 10.9 Å². The molecule has 0 unspecified atom stereocenters. The Balaban J connectivity index is 2.62. The highest BCUT2D eigenvalue weighted by atomic mass is 15.1. The highest BCUT2D eigenvalue weighted by Crippen LogP contribution is 2.17. The molecule has 0 radical (unpaired) electrons. The Morgan fingerprint density at radius 2 is 1.86 bits per heavy atom. The van der Waals surface area contributed by atoms with Crippen molar-refractivity contribution in [3.63, 3.8) is 0 Å². The van der Waals surface area contributed by atoms with E-state index in [9.17, 15) is 0 Å². The number of aryl methyl sites for hydroxylation is 1. The zero-order valence-corrected chi connectivity index (χ0v) is 8.78. The van der Waals surface area contributed by atoms with Crippen LogP contribution in [0.2, 0.25) is 0 Å². The summed E-state index contributed by atoms with van der Waals surface area (Å²) in [6.45, 7) is 6.32. The summed E-state index contributed by atoms with van der Waals surface area (Å²) in [6, 6.07) is 8.39. The van der Waals surface area contributed by atoms with Crippen molar-refractivity contribution >= 4 is 10.9 Å². The predicted octanol–water partition coefficient (Wildman–Crippen LogP) is 3.06. The van der Waals surface area contributed by atoms with E-state index in [0.717, 1.165) is 11.2 Å². The van der Waals surface area contributed by atoms with Gasteiger partial charge in [-0.1, -0.05) is 26.0 Å². The van der Waals surface area contributed by atoms with Crippen molar-refractivity contribution in [2.24, 2.45) is 0 Å². The van der Waals surface area contributed by atoms with E-state index in [0.29, 0.717) is 5.92 Å². The molecule has 72 valence electrons. The second-order valence-electron chi connectivity index (χ2n) is 3.99. The number of nitrogens with zero attached hydrogens (tertiary/aromatic N) is 2. The van der Waals surface area contributed by atoms with Gasteiger partial charge in [-0.05, 0) is 30.5 Å². The number of hydrogen-bond acceptors (Lipinski definition) is 2. The minimum absolute atomic E-state index is 0.438. The van der Waals surface area contributed by atoms with Crippen molar-refractivity contribution in [2.75, 3.05) is 0 Å². The van der Waals surface area contributed by atoms with Gasteiger partial charge in [-0.2, -0.15) is 10.2 Å². The number of hydrogen-bond donors (Lipinski definition) is 0. The molecular weight excluding hydrogens is 172 g/mol. The van der Waals surface area contributed by atoms with Crippen molar-refractivity contribution in [2.45, 2.75) is 26.7 Å². The molecule has 0 aliphatic carbocycles. The molecule has 1 aromatic heterocycles. The Hall–Kier alpha value is -1.44. The van der Waals surface area contributed by atoms with E-state index in [2.05, 4.69) is 55.2 Å². The van der Waals surface area contributed by atoms with Crippen LogP contribution >= 0.6 is 0 Å². The summed E-state index contributed by atoms with van der Waals surface area (Å²) in [5.41, 5.74) is 3.26. The lowest BCUT2D eigenvalue weighted by Gasteiger charge is -2.04. The third-order valence-electron chi connectivity index (χ3n) is 2.35. The van der Waals surface area contributed by atoms with Crippen molar-refractivity contribution in [3.8, 4) is 0 Å². The van der Waals surface area contributed by atoms with E-state index in [4.69, 9.17) is 0 Å². The first-order chi connectivity index (χ1) is 6.66. The molecule has 0 amide bonds. The molecule has 0 fully saturated rings. The van der Waals surface area contributed by atoms with Crippen LogP contribution in [0.4, 0.5) is 0 Å². The number of benzene rings is 1. The summed E-state index contributed by atoms with van der Waals surface area (Å²) in [5.74, 6) is 0.438. The monoisotopic (exact) mass is 186 g/mol. The normalized spacial score (nSPS) is 11.1. The second kappa shape index (κ2) is 3.37. The standard InChI is InChI=1S/C12H14N2/c1-8(2)11-7-10-5-4-9(3)6-12(10)14-13-11/h4-8H,1-3H3. The Labute approximate surface area is 84.0 Å². The maximum atomic E-state index is 4.21. The van der Waals surface area contributed by atoms with E-state index < -0.39 is 0 Å². The van der Waals surface area contributed by atoms with Gasteiger partial charge in [0.25, 0.3) is 0 Å². The van der Waals surface area contributed by atoms with Crippen LogP contribution in [0, 0.1) is 6.92 Å². The zero-order chi connectivity index (χ0) is 10.1. The van der Waals surface area contributed by atoms with Gasteiger partial charge < -0.3 is 0 Å². The van der Waals surface area contributed by atoms with Crippen LogP contribution in [0.1, 0.15) is 31.0 Å². The van der Waals surface area contributed by atoms with Crippen LogP contribution in [-0.2, 0) is 0 Å². The molecule has 0 saturated carbocycles. The molecule has 0 bridgehead atoms. The van der Waals surface area contributed by atoms with Gasteiger partial charge >= 0.3 is 0 Å².